The van der Waals surface area contributed by atoms with Crippen molar-refractivity contribution >= 4 is 11.9 Å². The van der Waals surface area contributed by atoms with Crippen LogP contribution in [0, 0.1) is 0 Å². The van der Waals surface area contributed by atoms with E-state index in [9.17, 15) is 9.59 Å². The second kappa shape index (κ2) is 9.13. The minimum atomic E-state index is 0.0253. The van der Waals surface area contributed by atoms with Crippen LogP contribution >= 0.6 is 0 Å². The number of carbonyl (C=O) groups excluding carboxylic acids is 2. The van der Waals surface area contributed by atoms with Crippen LogP contribution in [0.4, 0.5) is 4.79 Å². The van der Waals surface area contributed by atoms with Gasteiger partial charge in [0, 0.05) is 51.0 Å². The smallest absolute Gasteiger partial charge is 0.317 e. The van der Waals surface area contributed by atoms with Crippen molar-refractivity contribution in [3.8, 4) is 0 Å². The van der Waals surface area contributed by atoms with Crippen LogP contribution in [-0.2, 0) is 11.2 Å². The first kappa shape index (κ1) is 20.2. The van der Waals surface area contributed by atoms with Gasteiger partial charge in [0.15, 0.2) is 5.82 Å². The van der Waals surface area contributed by atoms with E-state index < -0.39 is 0 Å². The fourth-order valence-electron chi connectivity index (χ4n) is 4.59. The maximum Gasteiger partial charge on any atom is 0.317 e. The number of carbonyl (C=O) groups is 2. The van der Waals surface area contributed by atoms with Crippen molar-refractivity contribution in [2.24, 2.45) is 0 Å². The summed E-state index contributed by atoms with van der Waals surface area (Å²) in [7, 11) is 0. The van der Waals surface area contributed by atoms with Gasteiger partial charge in [-0.15, -0.1) is 0 Å². The van der Waals surface area contributed by atoms with E-state index in [2.05, 4.69) is 15.5 Å². The van der Waals surface area contributed by atoms with Gasteiger partial charge in [0.2, 0.25) is 11.8 Å². The normalized spacial score (nSPS) is 23.1. The van der Waals surface area contributed by atoms with Crippen molar-refractivity contribution < 1.29 is 14.1 Å². The third-order valence-corrected chi connectivity index (χ3v) is 6.45. The monoisotopic (exact) mass is 403 g/mol. The molecule has 29 heavy (non-hydrogen) atoms. The molecule has 1 aromatic heterocycles. The maximum absolute atomic E-state index is 12.7. The van der Waals surface area contributed by atoms with Gasteiger partial charge in [-0.2, -0.15) is 4.98 Å². The van der Waals surface area contributed by atoms with Crippen molar-refractivity contribution in [3.63, 3.8) is 0 Å². The van der Waals surface area contributed by atoms with Crippen LogP contribution in [-0.4, -0.2) is 63.6 Å². The molecule has 160 valence electrons. The molecule has 0 bridgehead atoms. The van der Waals surface area contributed by atoms with Crippen molar-refractivity contribution in [2.75, 3.05) is 19.6 Å². The molecular weight excluding hydrogens is 370 g/mol. The summed E-state index contributed by atoms with van der Waals surface area (Å²) in [6.45, 7) is 3.52. The first-order valence-corrected chi connectivity index (χ1v) is 11.3. The summed E-state index contributed by atoms with van der Waals surface area (Å²) in [5.41, 5.74) is 0. The molecular formula is C21H33N5O3. The molecule has 1 aromatic rings. The average molecular weight is 404 g/mol. The minimum Gasteiger partial charge on any atom is -0.339 e. The highest BCUT2D eigenvalue weighted by atomic mass is 16.5. The highest BCUT2D eigenvalue weighted by Gasteiger charge is 2.32. The second-order valence-electron chi connectivity index (χ2n) is 8.81. The summed E-state index contributed by atoms with van der Waals surface area (Å²) >= 11 is 0. The molecule has 3 aliphatic rings. The molecule has 1 N–H and O–H groups in total. The standard InChI is InChI=1S/C21H33N5O3/c1-15(27)26(13-11-19-23-20(29-24-19)16-9-10-16)18-8-5-12-25(14-18)21(28)22-17-6-3-2-4-7-17/h16-18H,2-14H2,1H3,(H,22,28). The largest absolute Gasteiger partial charge is 0.339 e. The number of urea groups is 1. The number of likely N-dealkylation sites (tertiary alicyclic amines) is 1. The molecule has 1 atom stereocenters. The lowest BCUT2D eigenvalue weighted by molar-refractivity contribution is -0.132. The minimum absolute atomic E-state index is 0.0253. The van der Waals surface area contributed by atoms with E-state index in [1.807, 2.05) is 9.80 Å². The maximum atomic E-state index is 12.7. The average Bonchev–Trinajstić information content (AvgIpc) is 3.47. The summed E-state index contributed by atoms with van der Waals surface area (Å²) in [5, 5.41) is 7.27. The summed E-state index contributed by atoms with van der Waals surface area (Å²) < 4.78 is 5.32. The van der Waals surface area contributed by atoms with Crippen LogP contribution in [0.25, 0.3) is 0 Å². The SMILES string of the molecule is CC(=O)N(CCc1noc(C2CC2)n1)C1CCCN(C(=O)NC2CCCCC2)C1. The Morgan fingerprint density at radius 3 is 2.66 bits per heavy atom. The zero-order valence-electron chi connectivity index (χ0n) is 17.4. The summed E-state index contributed by atoms with van der Waals surface area (Å²) in [4.78, 5) is 33.3. The Morgan fingerprint density at radius 2 is 1.93 bits per heavy atom. The third kappa shape index (κ3) is 5.28. The van der Waals surface area contributed by atoms with Gasteiger partial charge >= 0.3 is 6.03 Å². The van der Waals surface area contributed by atoms with Crippen LogP contribution in [0.15, 0.2) is 4.52 Å². The summed E-state index contributed by atoms with van der Waals surface area (Å²) in [6.07, 6.45) is 10.5. The molecule has 1 unspecified atom stereocenters. The number of aromatic nitrogens is 2. The van der Waals surface area contributed by atoms with Gasteiger partial charge < -0.3 is 19.6 Å². The van der Waals surface area contributed by atoms with E-state index in [1.54, 1.807) is 6.92 Å². The van der Waals surface area contributed by atoms with E-state index >= 15 is 0 Å². The molecule has 0 aromatic carbocycles. The summed E-state index contributed by atoms with van der Waals surface area (Å²) in [5.74, 6) is 1.88. The highest BCUT2D eigenvalue weighted by Crippen LogP contribution is 2.38. The number of nitrogens with one attached hydrogen (secondary N) is 1. The van der Waals surface area contributed by atoms with Crippen LogP contribution in [0.1, 0.15) is 82.3 Å². The van der Waals surface area contributed by atoms with Crippen LogP contribution in [0.3, 0.4) is 0 Å². The zero-order valence-corrected chi connectivity index (χ0v) is 17.4. The molecule has 2 heterocycles. The Labute approximate surface area is 172 Å². The first-order valence-electron chi connectivity index (χ1n) is 11.3. The molecule has 2 saturated carbocycles. The fourth-order valence-corrected chi connectivity index (χ4v) is 4.59. The number of rotatable bonds is 6. The third-order valence-electron chi connectivity index (χ3n) is 6.45. The van der Waals surface area contributed by atoms with Crippen molar-refractivity contribution in [3.05, 3.63) is 11.7 Å². The van der Waals surface area contributed by atoms with E-state index in [1.165, 1.54) is 19.3 Å². The molecule has 1 aliphatic heterocycles. The molecule has 8 heteroatoms. The second-order valence-corrected chi connectivity index (χ2v) is 8.81. The zero-order chi connectivity index (χ0) is 20.2. The van der Waals surface area contributed by atoms with Gasteiger partial charge in [-0.25, -0.2) is 4.79 Å². The van der Waals surface area contributed by atoms with Crippen molar-refractivity contribution in [1.29, 1.82) is 0 Å². The van der Waals surface area contributed by atoms with E-state index in [0.29, 0.717) is 37.3 Å². The van der Waals surface area contributed by atoms with Gasteiger partial charge in [0.1, 0.15) is 0 Å². The lowest BCUT2D eigenvalue weighted by Gasteiger charge is -2.39. The first-order chi connectivity index (χ1) is 14.1. The highest BCUT2D eigenvalue weighted by molar-refractivity contribution is 5.76. The quantitative estimate of drug-likeness (QED) is 0.789. The van der Waals surface area contributed by atoms with E-state index in [4.69, 9.17) is 4.52 Å². The molecule has 0 radical (unpaired) electrons. The van der Waals surface area contributed by atoms with E-state index in [0.717, 1.165) is 51.0 Å². The lowest BCUT2D eigenvalue weighted by atomic mass is 9.95. The Kier molecular flexibility index (Phi) is 6.35. The number of nitrogens with zero attached hydrogens (tertiary/aromatic N) is 4. The number of hydrogen-bond donors (Lipinski definition) is 1. The molecule has 3 fully saturated rings. The molecule has 8 nitrogen and oxygen atoms in total. The van der Waals surface area contributed by atoms with Gasteiger partial charge in [0.25, 0.3) is 0 Å². The van der Waals surface area contributed by atoms with Gasteiger partial charge in [0.05, 0.1) is 0 Å². The number of amides is 3. The Morgan fingerprint density at radius 1 is 1.14 bits per heavy atom. The molecule has 3 amide bonds. The van der Waals surface area contributed by atoms with Crippen molar-refractivity contribution in [1.82, 2.24) is 25.3 Å². The van der Waals surface area contributed by atoms with Gasteiger partial charge in [-0.05, 0) is 38.5 Å². The predicted octanol–water partition coefficient (Wildman–Crippen LogP) is 2.84. The Hall–Kier alpha value is -2.12. The topological polar surface area (TPSA) is 91.6 Å². The summed E-state index contributed by atoms with van der Waals surface area (Å²) in [6, 6.07) is 0.380. The van der Waals surface area contributed by atoms with Crippen molar-refractivity contribution in [2.45, 2.75) is 89.1 Å². The van der Waals surface area contributed by atoms with Crippen LogP contribution in [0.2, 0.25) is 0 Å². The Bertz CT molecular complexity index is 711. The number of piperidine rings is 1. The van der Waals surface area contributed by atoms with Gasteiger partial charge in [-0.1, -0.05) is 24.4 Å². The molecule has 0 spiro atoms. The molecule has 4 rings (SSSR count). The predicted molar refractivity (Wildman–Crippen MR) is 107 cm³/mol. The van der Waals surface area contributed by atoms with Crippen LogP contribution < -0.4 is 5.32 Å². The molecule has 1 saturated heterocycles. The molecule has 2 aliphatic carbocycles. The van der Waals surface area contributed by atoms with E-state index in [-0.39, 0.29) is 18.0 Å². The van der Waals surface area contributed by atoms with Gasteiger partial charge in [-0.3, -0.25) is 4.79 Å². The number of hydrogen-bond acceptors (Lipinski definition) is 5. The Balaban J connectivity index is 1.31. The lowest BCUT2D eigenvalue weighted by Crippen LogP contribution is -2.55. The fraction of sp³-hybridized carbons (Fsp3) is 0.810. The van der Waals surface area contributed by atoms with Crippen LogP contribution in [0.5, 0.6) is 0 Å².